The average Bonchev–Trinajstić information content (AvgIpc) is 3.09. The van der Waals surface area contributed by atoms with Gasteiger partial charge in [-0.3, -0.25) is 9.59 Å². The minimum atomic E-state index is -0.433. The number of carbonyl (C=O) groups excluding carboxylic acids is 2. The normalized spacial score (nSPS) is 14.6. The van der Waals surface area contributed by atoms with Crippen molar-refractivity contribution < 1.29 is 18.4 Å². The first-order valence-corrected chi connectivity index (χ1v) is 8.15. The van der Waals surface area contributed by atoms with Crippen molar-refractivity contribution in [2.75, 3.05) is 26.2 Å². The van der Waals surface area contributed by atoms with E-state index in [-0.39, 0.29) is 29.7 Å². The molecule has 132 valence electrons. The predicted octanol–water partition coefficient (Wildman–Crippen LogP) is 1.50. The molecule has 8 heteroatoms. The lowest BCUT2D eigenvalue weighted by molar-refractivity contribution is -0.138. The minimum absolute atomic E-state index is 0.0196. The Kier molecular flexibility index (Phi) is 5.06. The Morgan fingerprint density at radius 3 is 2.48 bits per heavy atom. The second-order valence-corrected chi connectivity index (χ2v) is 5.87. The van der Waals surface area contributed by atoms with Crippen molar-refractivity contribution in [3.63, 3.8) is 0 Å². The van der Waals surface area contributed by atoms with Gasteiger partial charge in [0.2, 0.25) is 17.7 Å². The Morgan fingerprint density at radius 2 is 1.80 bits per heavy atom. The van der Waals surface area contributed by atoms with Crippen LogP contribution >= 0.6 is 0 Å². The van der Waals surface area contributed by atoms with Crippen LogP contribution in [0.2, 0.25) is 0 Å². The molecular weight excluding hydrogens is 327 g/mol. The third-order valence-corrected chi connectivity index (χ3v) is 4.20. The summed E-state index contributed by atoms with van der Waals surface area (Å²) in [5.74, 6) is -0.0193. The molecule has 1 aromatic heterocycles. The molecule has 1 fully saturated rings. The summed E-state index contributed by atoms with van der Waals surface area (Å²) >= 11 is 0. The number of piperazine rings is 1. The highest BCUT2D eigenvalue weighted by molar-refractivity contribution is 5.77. The number of rotatable bonds is 4. The SMILES string of the molecule is CC(=O)N1CCN(C(=O)CCc2nnc(-c3ccccc3F)o2)CC1. The molecule has 0 atom stereocenters. The molecule has 0 aliphatic carbocycles. The van der Waals surface area contributed by atoms with Crippen LogP contribution in [0, 0.1) is 5.82 Å². The molecule has 7 nitrogen and oxygen atoms in total. The van der Waals surface area contributed by atoms with Crippen LogP contribution in [-0.2, 0) is 16.0 Å². The van der Waals surface area contributed by atoms with Gasteiger partial charge in [-0.05, 0) is 12.1 Å². The average molecular weight is 346 g/mol. The summed E-state index contributed by atoms with van der Waals surface area (Å²) in [4.78, 5) is 27.0. The number of hydrogen-bond acceptors (Lipinski definition) is 5. The third-order valence-electron chi connectivity index (χ3n) is 4.20. The Balaban J connectivity index is 1.53. The van der Waals surface area contributed by atoms with E-state index < -0.39 is 5.82 Å². The van der Waals surface area contributed by atoms with E-state index in [1.807, 2.05) is 0 Å². The molecule has 1 saturated heterocycles. The lowest BCUT2D eigenvalue weighted by atomic mass is 10.2. The van der Waals surface area contributed by atoms with E-state index in [4.69, 9.17) is 4.42 Å². The van der Waals surface area contributed by atoms with Crippen LogP contribution in [0.3, 0.4) is 0 Å². The summed E-state index contributed by atoms with van der Waals surface area (Å²) in [6.07, 6.45) is 0.534. The lowest BCUT2D eigenvalue weighted by Crippen LogP contribution is -2.50. The van der Waals surface area contributed by atoms with Gasteiger partial charge in [0.25, 0.3) is 5.89 Å². The van der Waals surface area contributed by atoms with Gasteiger partial charge in [0, 0.05) is 45.9 Å². The van der Waals surface area contributed by atoms with Gasteiger partial charge in [0.15, 0.2) is 0 Å². The Labute approximate surface area is 144 Å². The largest absolute Gasteiger partial charge is 0.421 e. The molecule has 1 aliphatic heterocycles. The van der Waals surface area contributed by atoms with Crippen LogP contribution in [0.5, 0.6) is 0 Å². The topological polar surface area (TPSA) is 79.5 Å². The molecular formula is C17H19FN4O3. The number of benzene rings is 1. The summed E-state index contributed by atoms with van der Waals surface area (Å²) in [5, 5.41) is 7.72. The van der Waals surface area contributed by atoms with Gasteiger partial charge >= 0.3 is 0 Å². The van der Waals surface area contributed by atoms with Crippen LogP contribution in [0.15, 0.2) is 28.7 Å². The first-order chi connectivity index (χ1) is 12.0. The number of aromatic nitrogens is 2. The maximum Gasteiger partial charge on any atom is 0.250 e. The van der Waals surface area contributed by atoms with Crippen molar-refractivity contribution in [1.82, 2.24) is 20.0 Å². The number of carbonyl (C=O) groups is 2. The van der Waals surface area contributed by atoms with Crippen molar-refractivity contribution in [1.29, 1.82) is 0 Å². The zero-order valence-electron chi connectivity index (χ0n) is 13.9. The van der Waals surface area contributed by atoms with Crippen molar-refractivity contribution in [2.45, 2.75) is 19.8 Å². The third kappa shape index (κ3) is 4.01. The van der Waals surface area contributed by atoms with Crippen LogP contribution < -0.4 is 0 Å². The number of aryl methyl sites for hydroxylation is 1. The van der Waals surface area contributed by atoms with E-state index in [0.717, 1.165) is 0 Å². The zero-order valence-corrected chi connectivity index (χ0v) is 13.9. The van der Waals surface area contributed by atoms with E-state index in [2.05, 4.69) is 10.2 Å². The second-order valence-electron chi connectivity index (χ2n) is 5.87. The van der Waals surface area contributed by atoms with Crippen molar-refractivity contribution in [3.05, 3.63) is 36.0 Å². The smallest absolute Gasteiger partial charge is 0.250 e. The molecule has 0 radical (unpaired) electrons. The van der Waals surface area contributed by atoms with E-state index >= 15 is 0 Å². The van der Waals surface area contributed by atoms with Crippen LogP contribution in [0.1, 0.15) is 19.2 Å². The van der Waals surface area contributed by atoms with Crippen molar-refractivity contribution >= 4 is 11.8 Å². The lowest BCUT2D eigenvalue weighted by Gasteiger charge is -2.34. The van der Waals surface area contributed by atoms with Gasteiger partial charge in [-0.2, -0.15) is 0 Å². The van der Waals surface area contributed by atoms with Gasteiger partial charge in [-0.15, -0.1) is 10.2 Å². The fourth-order valence-corrected chi connectivity index (χ4v) is 2.74. The molecule has 2 amide bonds. The highest BCUT2D eigenvalue weighted by atomic mass is 19.1. The Hall–Kier alpha value is -2.77. The molecule has 2 aromatic rings. The van der Waals surface area contributed by atoms with Gasteiger partial charge in [-0.25, -0.2) is 4.39 Å². The quantitative estimate of drug-likeness (QED) is 0.838. The summed E-state index contributed by atoms with van der Waals surface area (Å²) in [6.45, 7) is 3.70. The summed E-state index contributed by atoms with van der Waals surface area (Å²) in [7, 11) is 0. The Morgan fingerprint density at radius 1 is 1.12 bits per heavy atom. The molecule has 2 heterocycles. The molecule has 1 aliphatic rings. The number of hydrogen-bond donors (Lipinski definition) is 0. The maximum atomic E-state index is 13.7. The van der Waals surface area contributed by atoms with E-state index in [0.29, 0.717) is 38.5 Å². The standard InChI is InChI=1S/C17H19FN4O3/c1-12(23)21-8-10-22(11-9-21)16(24)7-6-15-19-20-17(25-15)13-4-2-3-5-14(13)18/h2-5H,6-11H2,1H3. The van der Waals surface area contributed by atoms with Crippen LogP contribution in [0.25, 0.3) is 11.5 Å². The molecule has 0 unspecified atom stereocenters. The van der Waals surface area contributed by atoms with Crippen LogP contribution in [-0.4, -0.2) is 58.0 Å². The molecule has 0 saturated carbocycles. The monoisotopic (exact) mass is 346 g/mol. The minimum Gasteiger partial charge on any atom is -0.421 e. The molecule has 0 spiro atoms. The molecule has 25 heavy (non-hydrogen) atoms. The van der Waals surface area contributed by atoms with E-state index in [1.54, 1.807) is 28.0 Å². The number of nitrogens with zero attached hydrogens (tertiary/aromatic N) is 4. The van der Waals surface area contributed by atoms with E-state index in [1.165, 1.54) is 13.0 Å². The maximum absolute atomic E-state index is 13.7. The molecule has 0 bridgehead atoms. The van der Waals surface area contributed by atoms with Gasteiger partial charge in [0.05, 0.1) is 5.56 Å². The molecule has 0 N–H and O–H groups in total. The molecule has 1 aromatic carbocycles. The fraction of sp³-hybridized carbons (Fsp3) is 0.412. The van der Waals surface area contributed by atoms with Gasteiger partial charge in [-0.1, -0.05) is 12.1 Å². The first kappa shape index (κ1) is 17.1. The van der Waals surface area contributed by atoms with Crippen molar-refractivity contribution in [2.24, 2.45) is 0 Å². The van der Waals surface area contributed by atoms with Crippen LogP contribution in [0.4, 0.5) is 4.39 Å². The second kappa shape index (κ2) is 7.42. The highest BCUT2D eigenvalue weighted by Crippen LogP contribution is 2.21. The highest BCUT2D eigenvalue weighted by Gasteiger charge is 2.22. The van der Waals surface area contributed by atoms with Crippen molar-refractivity contribution in [3.8, 4) is 11.5 Å². The Bertz CT molecular complexity index is 769. The summed E-state index contributed by atoms with van der Waals surface area (Å²) in [6, 6.07) is 6.16. The summed E-state index contributed by atoms with van der Waals surface area (Å²) < 4.78 is 19.2. The van der Waals surface area contributed by atoms with Gasteiger partial charge < -0.3 is 14.2 Å². The fourth-order valence-electron chi connectivity index (χ4n) is 2.74. The van der Waals surface area contributed by atoms with E-state index in [9.17, 15) is 14.0 Å². The first-order valence-electron chi connectivity index (χ1n) is 8.15. The predicted molar refractivity (Wildman–Crippen MR) is 86.8 cm³/mol. The number of amides is 2. The molecule has 3 rings (SSSR count). The summed E-state index contributed by atoms with van der Waals surface area (Å²) in [5.41, 5.74) is 0.243. The zero-order chi connectivity index (χ0) is 17.8. The number of halogens is 1. The van der Waals surface area contributed by atoms with Gasteiger partial charge in [0.1, 0.15) is 5.82 Å².